The molecule has 0 spiro atoms. The molecule has 0 bridgehead atoms. The molecule has 1 nitrogen and oxygen atoms in total. The average Bonchev–Trinajstić information content (AvgIpc) is 2.52. The molecule has 1 aromatic carbocycles. The molecule has 0 saturated carbocycles. The lowest BCUT2D eigenvalue weighted by Gasteiger charge is -2.28. The normalized spacial score (nSPS) is 17.4. The van der Waals surface area contributed by atoms with E-state index in [1.165, 1.54) is 28.9 Å². The third-order valence-corrected chi connectivity index (χ3v) is 4.88. The molecule has 2 rings (SSSR count). The van der Waals surface area contributed by atoms with E-state index in [1.807, 2.05) is 6.08 Å². The van der Waals surface area contributed by atoms with Crippen LogP contribution in [-0.4, -0.2) is 8.32 Å². The van der Waals surface area contributed by atoms with Crippen molar-refractivity contribution in [2.75, 3.05) is 0 Å². The fourth-order valence-corrected chi connectivity index (χ4v) is 3.90. The summed E-state index contributed by atoms with van der Waals surface area (Å²) in [5.74, 6) is 1.17. The molecule has 0 fully saturated rings. The lowest BCUT2D eigenvalue weighted by Crippen LogP contribution is -2.26. The van der Waals surface area contributed by atoms with Gasteiger partial charge in [0.2, 0.25) is 8.32 Å². The lowest BCUT2D eigenvalue weighted by atomic mass is 9.90. The van der Waals surface area contributed by atoms with Crippen molar-refractivity contribution in [2.45, 2.75) is 58.2 Å². The molecule has 0 amide bonds. The quantitative estimate of drug-likeness (QED) is 0.415. The number of hydrogen-bond acceptors (Lipinski definition) is 1. The van der Waals surface area contributed by atoms with Crippen molar-refractivity contribution in [3.8, 4) is 0 Å². The van der Waals surface area contributed by atoms with Gasteiger partial charge in [0.05, 0.1) is 0 Å². The Labute approximate surface area is 142 Å². The van der Waals surface area contributed by atoms with Gasteiger partial charge in [0, 0.05) is 0 Å². The number of aryl methyl sites for hydroxylation is 1. The maximum Gasteiger partial charge on any atom is 0.242 e. The van der Waals surface area contributed by atoms with Crippen LogP contribution in [-0.2, 0) is 10.8 Å². The third kappa shape index (κ3) is 5.87. The summed E-state index contributed by atoms with van der Waals surface area (Å²) in [6.07, 6.45) is 11.0. The molecule has 0 unspecified atom stereocenters. The molecule has 0 aliphatic heterocycles. The van der Waals surface area contributed by atoms with Crippen molar-refractivity contribution in [2.24, 2.45) is 0 Å². The Morgan fingerprint density at radius 3 is 2.61 bits per heavy atom. The van der Waals surface area contributed by atoms with Crippen LogP contribution in [0.2, 0.25) is 19.6 Å². The molecule has 1 aliphatic rings. The molecule has 0 heterocycles. The van der Waals surface area contributed by atoms with Gasteiger partial charge in [0.15, 0.2) is 0 Å². The second kappa shape index (κ2) is 8.35. The van der Waals surface area contributed by atoms with E-state index in [0.717, 1.165) is 32.1 Å². The molecular weight excluding hydrogens is 296 g/mol. The third-order valence-electron chi connectivity index (χ3n) is 4.05. The van der Waals surface area contributed by atoms with Crippen LogP contribution in [0, 0.1) is 0 Å². The Hall–Kier alpha value is -1.54. The van der Waals surface area contributed by atoms with Crippen molar-refractivity contribution < 1.29 is 4.43 Å². The zero-order chi connectivity index (χ0) is 16.7. The summed E-state index contributed by atoms with van der Waals surface area (Å²) in [5, 5.41) is 0. The Kier molecular flexibility index (Phi) is 6.46. The predicted octanol–water partition coefficient (Wildman–Crippen LogP) is 6.41. The molecule has 23 heavy (non-hydrogen) atoms. The first-order chi connectivity index (χ1) is 11.0. The Balaban J connectivity index is 2.20. The molecule has 1 aromatic rings. The SMILES string of the molecule is C=CC/C(CCc1ccccc1)=C1/CCCC=C1O[Si](C)(C)C. The van der Waals surface area contributed by atoms with E-state index in [9.17, 15) is 0 Å². The van der Waals surface area contributed by atoms with E-state index < -0.39 is 8.32 Å². The van der Waals surface area contributed by atoms with Crippen molar-refractivity contribution >= 4 is 8.32 Å². The van der Waals surface area contributed by atoms with Crippen LogP contribution in [0.15, 0.2) is 66.0 Å². The number of rotatable bonds is 7. The largest absolute Gasteiger partial charge is 0.544 e. The molecule has 0 N–H and O–H groups in total. The second-order valence-corrected chi connectivity index (χ2v) is 11.7. The smallest absolute Gasteiger partial charge is 0.242 e. The molecule has 1 aliphatic carbocycles. The van der Waals surface area contributed by atoms with Crippen molar-refractivity contribution in [3.05, 3.63) is 71.5 Å². The highest BCUT2D eigenvalue weighted by Gasteiger charge is 2.23. The minimum Gasteiger partial charge on any atom is -0.544 e. The summed E-state index contributed by atoms with van der Waals surface area (Å²) in [7, 11) is -1.57. The van der Waals surface area contributed by atoms with Gasteiger partial charge in [-0.15, -0.1) is 6.58 Å². The van der Waals surface area contributed by atoms with Gasteiger partial charge in [0.1, 0.15) is 5.76 Å². The van der Waals surface area contributed by atoms with Crippen molar-refractivity contribution in [3.63, 3.8) is 0 Å². The topological polar surface area (TPSA) is 9.23 Å². The Bertz CT molecular complexity index is 576. The number of hydrogen-bond donors (Lipinski definition) is 0. The summed E-state index contributed by atoms with van der Waals surface area (Å²) in [4.78, 5) is 0. The predicted molar refractivity (Wildman–Crippen MR) is 103 cm³/mol. The van der Waals surface area contributed by atoms with Crippen LogP contribution in [0.1, 0.15) is 37.7 Å². The summed E-state index contributed by atoms with van der Waals surface area (Å²) in [6.45, 7) is 10.7. The van der Waals surface area contributed by atoms with Gasteiger partial charge in [-0.3, -0.25) is 0 Å². The highest BCUT2D eigenvalue weighted by atomic mass is 28.4. The second-order valence-electron chi connectivity index (χ2n) is 7.24. The fourth-order valence-electron chi connectivity index (χ4n) is 3.03. The first-order valence-electron chi connectivity index (χ1n) is 8.75. The van der Waals surface area contributed by atoms with Crippen LogP contribution in [0.5, 0.6) is 0 Å². The Morgan fingerprint density at radius 1 is 1.22 bits per heavy atom. The molecular formula is C21H30OSi. The van der Waals surface area contributed by atoms with E-state index in [2.05, 4.69) is 62.6 Å². The molecule has 0 aromatic heterocycles. The van der Waals surface area contributed by atoms with Gasteiger partial charge in [-0.1, -0.05) is 42.0 Å². The van der Waals surface area contributed by atoms with Gasteiger partial charge in [-0.25, -0.2) is 0 Å². The number of allylic oxidation sites excluding steroid dienone is 4. The molecule has 0 atom stereocenters. The van der Waals surface area contributed by atoms with E-state index in [0.29, 0.717) is 0 Å². The summed E-state index contributed by atoms with van der Waals surface area (Å²) in [5.41, 5.74) is 4.37. The van der Waals surface area contributed by atoms with Gasteiger partial charge in [-0.05, 0) is 75.4 Å². The first-order valence-corrected chi connectivity index (χ1v) is 12.2. The summed E-state index contributed by atoms with van der Waals surface area (Å²) < 4.78 is 6.38. The highest BCUT2D eigenvalue weighted by Crippen LogP contribution is 2.33. The van der Waals surface area contributed by atoms with Gasteiger partial charge in [-0.2, -0.15) is 0 Å². The van der Waals surface area contributed by atoms with Crippen LogP contribution in [0.25, 0.3) is 0 Å². The van der Waals surface area contributed by atoms with Crippen molar-refractivity contribution in [1.29, 1.82) is 0 Å². The summed E-state index contributed by atoms with van der Waals surface area (Å²) >= 11 is 0. The van der Waals surface area contributed by atoms with Crippen LogP contribution in [0.4, 0.5) is 0 Å². The van der Waals surface area contributed by atoms with Crippen LogP contribution < -0.4 is 0 Å². The molecule has 2 heteroatoms. The van der Waals surface area contributed by atoms with E-state index >= 15 is 0 Å². The van der Waals surface area contributed by atoms with E-state index in [-0.39, 0.29) is 0 Å². The average molecular weight is 327 g/mol. The fraction of sp³-hybridized carbons (Fsp3) is 0.429. The number of benzene rings is 1. The Morgan fingerprint density at radius 2 is 1.96 bits per heavy atom. The lowest BCUT2D eigenvalue weighted by molar-refractivity contribution is 0.415. The van der Waals surface area contributed by atoms with E-state index in [4.69, 9.17) is 4.43 Å². The van der Waals surface area contributed by atoms with Gasteiger partial charge >= 0.3 is 0 Å². The maximum absolute atomic E-state index is 6.38. The minimum absolute atomic E-state index is 0.967. The van der Waals surface area contributed by atoms with Crippen LogP contribution in [0.3, 0.4) is 0 Å². The maximum atomic E-state index is 6.38. The van der Waals surface area contributed by atoms with Crippen molar-refractivity contribution in [1.82, 2.24) is 0 Å². The molecule has 0 radical (unpaired) electrons. The standard InChI is InChI=1S/C21H30OSi/c1-5-11-19(17-16-18-12-7-6-8-13-18)20-14-9-10-15-21(20)22-23(2,3)4/h5-8,12-13,15H,1,9-11,14,16-17H2,2-4H3/b20-19+. The first kappa shape index (κ1) is 17.8. The van der Waals surface area contributed by atoms with Gasteiger partial charge < -0.3 is 4.43 Å². The van der Waals surface area contributed by atoms with Gasteiger partial charge in [0.25, 0.3) is 0 Å². The zero-order valence-electron chi connectivity index (χ0n) is 14.9. The molecule has 124 valence electrons. The highest BCUT2D eigenvalue weighted by molar-refractivity contribution is 6.70. The molecule has 0 saturated heterocycles. The monoisotopic (exact) mass is 326 g/mol. The van der Waals surface area contributed by atoms with E-state index in [1.54, 1.807) is 0 Å². The zero-order valence-corrected chi connectivity index (χ0v) is 15.9. The van der Waals surface area contributed by atoms with Crippen LogP contribution >= 0.6 is 0 Å². The minimum atomic E-state index is -1.57. The summed E-state index contributed by atoms with van der Waals surface area (Å²) in [6, 6.07) is 10.8.